The van der Waals surface area contributed by atoms with E-state index in [0.717, 1.165) is 25.9 Å². The van der Waals surface area contributed by atoms with Crippen molar-refractivity contribution in [3.8, 4) is 0 Å². The second-order valence-corrected chi connectivity index (χ2v) is 4.89. The Morgan fingerprint density at radius 2 is 1.89 bits per heavy atom. The number of hydrogen-bond donors (Lipinski definition) is 1. The van der Waals surface area contributed by atoms with Gasteiger partial charge in [0.2, 0.25) is 5.91 Å². The molecule has 1 fully saturated rings. The molecular formula is C14H14N2O3. The molecule has 0 aromatic heterocycles. The van der Waals surface area contributed by atoms with E-state index in [0.29, 0.717) is 16.7 Å². The van der Waals surface area contributed by atoms with Gasteiger partial charge in [0.15, 0.2) is 0 Å². The highest BCUT2D eigenvalue weighted by Crippen LogP contribution is 2.22. The highest BCUT2D eigenvalue weighted by molar-refractivity contribution is 6.15. The second-order valence-electron chi connectivity index (χ2n) is 4.89. The quantitative estimate of drug-likeness (QED) is 0.755. The van der Waals surface area contributed by atoms with Gasteiger partial charge in [0.05, 0.1) is 17.5 Å². The number of amides is 3. The van der Waals surface area contributed by atoms with Gasteiger partial charge in [0.1, 0.15) is 0 Å². The predicted octanol–water partition coefficient (Wildman–Crippen LogP) is 0.735. The van der Waals surface area contributed by atoms with Gasteiger partial charge in [-0.2, -0.15) is 0 Å². The van der Waals surface area contributed by atoms with Gasteiger partial charge in [-0.3, -0.25) is 19.7 Å². The molecule has 5 nitrogen and oxygen atoms in total. The monoisotopic (exact) mass is 258 g/mol. The summed E-state index contributed by atoms with van der Waals surface area (Å²) in [5.41, 5.74) is 1.40. The molecule has 19 heavy (non-hydrogen) atoms. The van der Waals surface area contributed by atoms with Crippen molar-refractivity contribution in [1.82, 2.24) is 10.2 Å². The summed E-state index contributed by atoms with van der Waals surface area (Å²) in [5, 5.41) is 2.27. The van der Waals surface area contributed by atoms with Crippen LogP contribution in [0.3, 0.4) is 0 Å². The van der Waals surface area contributed by atoms with Gasteiger partial charge in [-0.25, -0.2) is 0 Å². The van der Waals surface area contributed by atoms with Crippen LogP contribution in [0.5, 0.6) is 0 Å². The molecule has 2 aliphatic heterocycles. The molecule has 1 aromatic rings. The highest BCUT2D eigenvalue weighted by atomic mass is 16.2. The van der Waals surface area contributed by atoms with E-state index in [2.05, 4.69) is 5.32 Å². The first kappa shape index (κ1) is 11.9. The SMILES string of the molecule is O=C1Cc2cccc(C(=O)N3CCCC3)c2C(=O)N1. The minimum absolute atomic E-state index is 0.112. The lowest BCUT2D eigenvalue weighted by Crippen LogP contribution is -2.39. The summed E-state index contributed by atoms with van der Waals surface area (Å²) in [5.74, 6) is -0.892. The van der Waals surface area contributed by atoms with Crippen molar-refractivity contribution in [2.45, 2.75) is 19.3 Å². The van der Waals surface area contributed by atoms with Crippen molar-refractivity contribution in [2.24, 2.45) is 0 Å². The lowest BCUT2D eigenvalue weighted by molar-refractivity contribution is -0.119. The predicted molar refractivity (Wildman–Crippen MR) is 67.8 cm³/mol. The summed E-state index contributed by atoms with van der Waals surface area (Å²) in [4.78, 5) is 37.4. The standard InChI is InChI=1S/C14H14N2O3/c17-11-8-9-4-3-5-10(12(9)13(18)15-11)14(19)16-6-1-2-7-16/h3-5H,1-2,6-8H2,(H,15,17,18). The van der Waals surface area contributed by atoms with Gasteiger partial charge in [0.25, 0.3) is 11.8 Å². The molecule has 0 radical (unpaired) electrons. The molecule has 3 rings (SSSR count). The van der Waals surface area contributed by atoms with Crippen LogP contribution >= 0.6 is 0 Å². The second kappa shape index (κ2) is 4.50. The maximum Gasteiger partial charge on any atom is 0.258 e. The smallest absolute Gasteiger partial charge is 0.258 e. The molecule has 1 N–H and O–H groups in total. The van der Waals surface area contributed by atoms with Crippen LogP contribution in [0, 0.1) is 0 Å². The van der Waals surface area contributed by atoms with Gasteiger partial charge in [-0.05, 0) is 24.5 Å². The molecule has 2 aliphatic rings. The topological polar surface area (TPSA) is 66.5 Å². The Morgan fingerprint density at radius 3 is 2.63 bits per heavy atom. The van der Waals surface area contributed by atoms with Crippen molar-refractivity contribution < 1.29 is 14.4 Å². The minimum atomic E-state index is -0.464. The van der Waals surface area contributed by atoms with Gasteiger partial charge >= 0.3 is 0 Å². The normalized spacial score (nSPS) is 18.2. The number of hydrogen-bond acceptors (Lipinski definition) is 3. The van der Waals surface area contributed by atoms with Crippen molar-refractivity contribution >= 4 is 17.7 Å². The highest BCUT2D eigenvalue weighted by Gasteiger charge is 2.29. The molecular weight excluding hydrogens is 244 g/mol. The number of benzene rings is 1. The van der Waals surface area contributed by atoms with Crippen LogP contribution < -0.4 is 5.32 Å². The third-order valence-electron chi connectivity index (χ3n) is 3.61. The number of nitrogens with zero attached hydrogens (tertiary/aromatic N) is 1. The fraction of sp³-hybridized carbons (Fsp3) is 0.357. The van der Waals surface area contributed by atoms with Crippen LogP contribution in [0.25, 0.3) is 0 Å². The summed E-state index contributed by atoms with van der Waals surface area (Å²) < 4.78 is 0. The van der Waals surface area contributed by atoms with Crippen LogP contribution in [0.15, 0.2) is 18.2 Å². The Bertz CT molecular complexity index is 574. The van der Waals surface area contributed by atoms with E-state index < -0.39 is 5.91 Å². The molecule has 2 heterocycles. The van der Waals surface area contributed by atoms with Crippen LogP contribution in [-0.4, -0.2) is 35.7 Å². The Labute approximate surface area is 110 Å². The van der Waals surface area contributed by atoms with Crippen molar-refractivity contribution in [3.05, 3.63) is 34.9 Å². The zero-order chi connectivity index (χ0) is 13.4. The van der Waals surface area contributed by atoms with E-state index >= 15 is 0 Å². The molecule has 0 saturated carbocycles. The average Bonchev–Trinajstić information content (AvgIpc) is 2.90. The van der Waals surface area contributed by atoms with E-state index in [1.165, 1.54) is 0 Å². The summed E-state index contributed by atoms with van der Waals surface area (Å²) in [6.45, 7) is 1.48. The first-order valence-electron chi connectivity index (χ1n) is 6.42. The average molecular weight is 258 g/mol. The molecule has 3 amide bonds. The molecule has 1 aromatic carbocycles. The fourth-order valence-electron chi connectivity index (χ4n) is 2.69. The molecule has 0 spiro atoms. The number of rotatable bonds is 1. The number of carbonyl (C=O) groups excluding carboxylic acids is 3. The molecule has 0 bridgehead atoms. The van der Waals surface area contributed by atoms with Crippen LogP contribution in [-0.2, 0) is 11.2 Å². The van der Waals surface area contributed by atoms with Crippen LogP contribution in [0.1, 0.15) is 39.1 Å². The van der Waals surface area contributed by atoms with E-state index in [4.69, 9.17) is 0 Å². The maximum absolute atomic E-state index is 12.4. The summed E-state index contributed by atoms with van der Waals surface area (Å²) in [7, 11) is 0. The first-order valence-corrected chi connectivity index (χ1v) is 6.42. The zero-order valence-electron chi connectivity index (χ0n) is 10.4. The van der Waals surface area contributed by atoms with Gasteiger partial charge in [-0.1, -0.05) is 12.1 Å². The van der Waals surface area contributed by atoms with Gasteiger partial charge in [0, 0.05) is 13.1 Å². The first-order chi connectivity index (χ1) is 9.16. The number of carbonyl (C=O) groups is 3. The molecule has 0 aliphatic carbocycles. The van der Waals surface area contributed by atoms with Crippen molar-refractivity contribution in [3.63, 3.8) is 0 Å². The minimum Gasteiger partial charge on any atom is -0.339 e. The molecule has 0 unspecified atom stereocenters. The summed E-state index contributed by atoms with van der Waals surface area (Å²) >= 11 is 0. The number of imide groups is 1. The molecule has 0 atom stereocenters. The third-order valence-corrected chi connectivity index (χ3v) is 3.61. The fourth-order valence-corrected chi connectivity index (χ4v) is 2.69. The van der Waals surface area contributed by atoms with Gasteiger partial charge < -0.3 is 4.90 Å². The summed E-state index contributed by atoms with van der Waals surface area (Å²) in [6, 6.07) is 5.12. The zero-order valence-corrected chi connectivity index (χ0v) is 10.4. The Kier molecular flexibility index (Phi) is 2.81. The van der Waals surface area contributed by atoms with E-state index in [-0.39, 0.29) is 18.2 Å². The molecule has 98 valence electrons. The number of fused-ring (bicyclic) bond motifs is 1. The maximum atomic E-state index is 12.4. The van der Waals surface area contributed by atoms with Crippen LogP contribution in [0.2, 0.25) is 0 Å². The molecule has 5 heteroatoms. The van der Waals surface area contributed by atoms with E-state index in [1.54, 1.807) is 23.1 Å². The van der Waals surface area contributed by atoms with E-state index in [1.807, 2.05) is 0 Å². The molecule has 1 saturated heterocycles. The number of likely N-dealkylation sites (tertiary alicyclic amines) is 1. The Morgan fingerprint density at radius 1 is 1.16 bits per heavy atom. The lowest BCUT2D eigenvalue weighted by Gasteiger charge is -2.21. The van der Waals surface area contributed by atoms with Gasteiger partial charge in [-0.15, -0.1) is 0 Å². The third kappa shape index (κ3) is 2.01. The van der Waals surface area contributed by atoms with Crippen molar-refractivity contribution in [1.29, 1.82) is 0 Å². The Hall–Kier alpha value is -2.17. The number of nitrogens with one attached hydrogen (secondary N) is 1. The lowest BCUT2D eigenvalue weighted by atomic mass is 9.94. The summed E-state index contributed by atoms with van der Waals surface area (Å²) in [6.07, 6.45) is 2.17. The van der Waals surface area contributed by atoms with Crippen LogP contribution in [0.4, 0.5) is 0 Å². The Balaban J connectivity index is 2.03. The largest absolute Gasteiger partial charge is 0.339 e. The van der Waals surface area contributed by atoms with Crippen molar-refractivity contribution in [2.75, 3.05) is 13.1 Å². The van der Waals surface area contributed by atoms with E-state index in [9.17, 15) is 14.4 Å².